The molecule has 7 heteroatoms. The minimum absolute atomic E-state index is 0.209. The lowest BCUT2D eigenvalue weighted by molar-refractivity contribution is -0.116. The van der Waals surface area contributed by atoms with Gasteiger partial charge < -0.3 is 11.1 Å². The van der Waals surface area contributed by atoms with Crippen molar-refractivity contribution >= 4 is 22.4 Å². The molecular formula is C14H15F2N3OS. The van der Waals surface area contributed by atoms with Crippen LogP contribution in [0.3, 0.4) is 0 Å². The van der Waals surface area contributed by atoms with Crippen molar-refractivity contribution in [3.05, 3.63) is 46.5 Å². The molecule has 0 aliphatic carbocycles. The fourth-order valence-electron chi connectivity index (χ4n) is 1.76. The minimum Gasteiger partial charge on any atom is -0.327 e. The SMILES string of the molecule is CC(N)CC(=O)Nc1ncc(Cc2ccc(F)cc2F)s1. The van der Waals surface area contributed by atoms with Crippen LogP contribution in [0, 0.1) is 11.6 Å². The van der Waals surface area contributed by atoms with Gasteiger partial charge in [0, 0.05) is 36.0 Å². The highest BCUT2D eigenvalue weighted by Crippen LogP contribution is 2.22. The molecule has 0 bridgehead atoms. The summed E-state index contributed by atoms with van der Waals surface area (Å²) in [6.45, 7) is 1.74. The maximum Gasteiger partial charge on any atom is 0.227 e. The van der Waals surface area contributed by atoms with Gasteiger partial charge >= 0.3 is 0 Å². The Morgan fingerprint density at radius 2 is 2.24 bits per heavy atom. The van der Waals surface area contributed by atoms with Gasteiger partial charge in [-0.15, -0.1) is 11.3 Å². The molecule has 1 amide bonds. The van der Waals surface area contributed by atoms with Gasteiger partial charge in [0.2, 0.25) is 5.91 Å². The Morgan fingerprint density at radius 3 is 2.90 bits per heavy atom. The Balaban J connectivity index is 2.01. The van der Waals surface area contributed by atoms with E-state index in [0.29, 0.717) is 17.1 Å². The zero-order valence-electron chi connectivity index (χ0n) is 11.4. The van der Waals surface area contributed by atoms with Crippen LogP contribution >= 0.6 is 11.3 Å². The number of amides is 1. The minimum atomic E-state index is -0.607. The Bertz CT molecular complexity index is 643. The van der Waals surface area contributed by atoms with E-state index in [9.17, 15) is 13.6 Å². The average Bonchev–Trinajstić information content (AvgIpc) is 2.79. The lowest BCUT2D eigenvalue weighted by atomic mass is 10.1. The van der Waals surface area contributed by atoms with Crippen molar-refractivity contribution in [2.75, 3.05) is 5.32 Å². The van der Waals surface area contributed by atoms with Crippen LogP contribution in [0.1, 0.15) is 23.8 Å². The van der Waals surface area contributed by atoms with Gasteiger partial charge in [-0.05, 0) is 18.6 Å². The molecule has 3 N–H and O–H groups in total. The number of carbonyl (C=O) groups is 1. The van der Waals surface area contributed by atoms with Crippen LogP contribution in [0.4, 0.5) is 13.9 Å². The first-order valence-corrected chi connectivity index (χ1v) is 7.19. The van der Waals surface area contributed by atoms with Crippen molar-refractivity contribution < 1.29 is 13.6 Å². The molecule has 0 saturated heterocycles. The topological polar surface area (TPSA) is 68.0 Å². The first-order valence-electron chi connectivity index (χ1n) is 6.38. The van der Waals surface area contributed by atoms with Crippen LogP contribution < -0.4 is 11.1 Å². The number of hydrogen-bond donors (Lipinski definition) is 2. The van der Waals surface area contributed by atoms with Crippen molar-refractivity contribution in [3.63, 3.8) is 0 Å². The molecule has 21 heavy (non-hydrogen) atoms. The average molecular weight is 311 g/mol. The molecule has 2 aromatic rings. The van der Waals surface area contributed by atoms with E-state index >= 15 is 0 Å². The van der Waals surface area contributed by atoms with Crippen molar-refractivity contribution in [2.24, 2.45) is 5.73 Å². The first kappa shape index (κ1) is 15.5. The molecule has 0 fully saturated rings. The predicted molar refractivity (Wildman–Crippen MR) is 78.2 cm³/mol. The largest absolute Gasteiger partial charge is 0.327 e. The molecule has 1 heterocycles. The fraction of sp³-hybridized carbons (Fsp3) is 0.286. The van der Waals surface area contributed by atoms with Gasteiger partial charge in [0.15, 0.2) is 5.13 Å². The lowest BCUT2D eigenvalue weighted by Gasteiger charge is -2.03. The summed E-state index contributed by atoms with van der Waals surface area (Å²) in [4.78, 5) is 16.4. The van der Waals surface area contributed by atoms with E-state index in [2.05, 4.69) is 10.3 Å². The maximum atomic E-state index is 13.6. The quantitative estimate of drug-likeness (QED) is 0.892. The molecule has 4 nitrogen and oxygen atoms in total. The highest BCUT2D eigenvalue weighted by molar-refractivity contribution is 7.15. The molecule has 1 atom stereocenters. The van der Waals surface area contributed by atoms with Crippen LogP contribution in [0.2, 0.25) is 0 Å². The number of thiazole rings is 1. The summed E-state index contributed by atoms with van der Waals surface area (Å²) in [6.07, 6.45) is 2.07. The van der Waals surface area contributed by atoms with E-state index in [-0.39, 0.29) is 18.4 Å². The number of hydrogen-bond acceptors (Lipinski definition) is 4. The summed E-state index contributed by atoms with van der Waals surface area (Å²) < 4.78 is 26.4. The fourth-order valence-corrected chi connectivity index (χ4v) is 2.61. The number of nitrogens with one attached hydrogen (secondary N) is 1. The second kappa shape index (κ2) is 6.73. The Hall–Kier alpha value is -1.86. The van der Waals surface area contributed by atoms with E-state index in [1.54, 1.807) is 13.1 Å². The highest BCUT2D eigenvalue weighted by Gasteiger charge is 2.10. The van der Waals surface area contributed by atoms with Crippen molar-refractivity contribution in [2.45, 2.75) is 25.8 Å². The van der Waals surface area contributed by atoms with Crippen molar-refractivity contribution in [1.82, 2.24) is 4.98 Å². The molecule has 2 rings (SSSR count). The summed E-state index contributed by atoms with van der Waals surface area (Å²) >= 11 is 1.25. The summed E-state index contributed by atoms with van der Waals surface area (Å²) in [5, 5.41) is 3.08. The van der Waals surface area contributed by atoms with Crippen LogP contribution in [0.15, 0.2) is 24.4 Å². The van der Waals surface area contributed by atoms with Gasteiger partial charge in [-0.2, -0.15) is 0 Å². The second-order valence-electron chi connectivity index (χ2n) is 4.77. The Morgan fingerprint density at radius 1 is 1.48 bits per heavy atom. The van der Waals surface area contributed by atoms with Crippen LogP contribution in [0.5, 0.6) is 0 Å². The molecular weight excluding hydrogens is 296 g/mol. The second-order valence-corrected chi connectivity index (χ2v) is 5.89. The summed E-state index contributed by atoms with van der Waals surface area (Å²) in [7, 11) is 0. The monoisotopic (exact) mass is 311 g/mol. The van der Waals surface area contributed by atoms with Crippen molar-refractivity contribution in [1.29, 1.82) is 0 Å². The summed E-state index contributed by atoms with van der Waals surface area (Å²) in [5.41, 5.74) is 5.92. The molecule has 1 aromatic carbocycles. The standard InChI is InChI=1S/C14H15F2N3OS/c1-8(17)4-13(20)19-14-18-7-11(21-14)5-9-2-3-10(15)6-12(9)16/h2-3,6-8H,4-5,17H2,1H3,(H,18,19,20). The third kappa shape index (κ3) is 4.57. The summed E-state index contributed by atoms with van der Waals surface area (Å²) in [5.74, 6) is -1.41. The van der Waals surface area contributed by atoms with Gasteiger partial charge in [-0.1, -0.05) is 6.07 Å². The van der Waals surface area contributed by atoms with E-state index in [4.69, 9.17) is 5.73 Å². The smallest absolute Gasteiger partial charge is 0.227 e. The Labute approximate surface area is 125 Å². The number of benzene rings is 1. The van der Waals surface area contributed by atoms with Gasteiger partial charge in [-0.25, -0.2) is 13.8 Å². The van der Waals surface area contributed by atoms with Crippen LogP contribution in [-0.4, -0.2) is 16.9 Å². The number of nitrogens with two attached hydrogens (primary N) is 1. The molecule has 0 saturated carbocycles. The normalized spacial score (nSPS) is 12.2. The predicted octanol–water partition coefficient (Wildman–Crippen LogP) is 2.69. The maximum absolute atomic E-state index is 13.6. The number of aromatic nitrogens is 1. The number of nitrogens with zero attached hydrogens (tertiary/aromatic N) is 1. The molecule has 1 aromatic heterocycles. The zero-order valence-corrected chi connectivity index (χ0v) is 12.2. The van der Waals surface area contributed by atoms with Gasteiger partial charge in [-0.3, -0.25) is 4.79 Å². The molecule has 0 radical (unpaired) electrons. The van der Waals surface area contributed by atoms with Gasteiger partial charge in [0.25, 0.3) is 0 Å². The lowest BCUT2D eigenvalue weighted by Crippen LogP contribution is -2.23. The number of halogens is 2. The molecule has 0 spiro atoms. The van der Waals surface area contributed by atoms with Crippen LogP contribution in [0.25, 0.3) is 0 Å². The van der Waals surface area contributed by atoms with E-state index in [1.807, 2.05) is 0 Å². The van der Waals surface area contributed by atoms with Crippen molar-refractivity contribution in [3.8, 4) is 0 Å². The highest BCUT2D eigenvalue weighted by atomic mass is 32.1. The van der Waals surface area contributed by atoms with E-state index in [0.717, 1.165) is 10.9 Å². The number of rotatable bonds is 5. The number of anilines is 1. The molecule has 1 unspecified atom stereocenters. The van der Waals surface area contributed by atoms with Gasteiger partial charge in [0.1, 0.15) is 11.6 Å². The van der Waals surface area contributed by atoms with Gasteiger partial charge in [0.05, 0.1) is 0 Å². The molecule has 0 aliphatic heterocycles. The third-order valence-electron chi connectivity index (χ3n) is 2.69. The summed E-state index contributed by atoms with van der Waals surface area (Å²) in [6, 6.07) is 3.24. The first-order chi connectivity index (χ1) is 9.94. The van der Waals surface area contributed by atoms with E-state index < -0.39 is 11.6 Å². The zero-order chi connectivity index (χ0) is 15.4. The Kier molecular flexibility index (Phi) is 4.98. The molecule has 0 aliphatic rings. The molecule has 112 valence electrons. The van der Waals surface area contributed by atoms with Crippen LogP contribution in [-0.2, 0) is 11.2 Å². The van der Waals surface area contributed by atoms with E-state index in [1.165, 1.54) is 23.5 Å². The third-order valence-corrected chi connectivity index (χ3v) is 3.60. The number of carbonyl (C=O) groups excluding carboxylic acids is 1.